The van der Waals surface area contributed by atoms with Crippen molar-refractivity contribution in [3.05, 3.63) is 59.2 Å². The molecule has 1 heterocycles. The highest BCUT2D eigenvalue weighted by molar-refractivity contribution is 5.59. The second-order valence-electron chi connectivity index (χ2n) is 7.95. The zero-order valence-electron chi connectivity index (χ0n) is 19.4. The van der Waals surface area contributed by atoms with Crippen molar-refractivity contribution in [1.82, 2.24) is 0 Å². The summed E-state index contributed by atoms with van der Waals surface area (Å²) in [5, 5.41) is 20.7. The van der Waals surface area contributed by atoms with Crippen molar-refractivity contribution in [2.45, 2.75) is 50.3 Å². The van der Waals surface area contributed by atoms with Crippen molar-refractivity contribution in [3.63, 3.8) is 0 Å². The number of rotatable bonds is 8. The highest BCUT2D eigenvalue weighted by Gasteiger charge is 2.46. The molecule has 8 nitrogen and oxygen atoms in total. The highest BCUT2D eigenvalue weighted by Crippen LogP contribution is 2.37. The third kappa shape index (κ3) is 6.99. The van der Waals surface area contributed by atoms with Crippen LogP contribution in [0.5, 0.6) is 11.5 Å². The van der Waals surface area contributed by atoms with Crippen LogP contribution < -0.4 is 9.47 Å². The molecule has 2 aromatic rings. The smallest absolute Gasteiger partial charge is 0.497 e. The third-order valence-electron chi connectivity index (χ3n) is 5.48. The van der Waals surface area contributed by atoms with Gasteiger partial charge in [-0.1, -0.05) is 18.2 Å². The van der Waals surface area contributed by atoms with E-state index in [4.69, 9.17) is 14.2 Å². The number of carbonyl (C=O) groups is 1. The summed E-state index contributed by atoms with van der Waals surface area (Å²) < 4.78 is 77.8. The van der Waals surface area contributed by atoms with E-state index in [-0.39, 0.29) is 24.2 Å². The van der Waals surface area contributed by atoms with Crippen LogP contribution in [0.15, 0.2) is 42.5 Å². The topological polar surface area (TPSA) is 104 Å². The van der Waals surface area contributed by atoms with Crippen LogP contribution in [0.4, 0.5) is 22.4 Å². The van der Waals surface area contributed by atoms with Crippen molar-refractivity contribution >= 4 is 6.16 Å². The molecule has 2 N–H and O–H groups in total. The minimum absolute atomic E-state index is 0.00967. The summed E-state index contributed by atoms with van der Waals surface area (Å²) in [7, 11) is 1.48. The predicted octanol–water partition coefficient (Wildman–Crippen LogP) is 3.86. The van der Waals surface area contributed by atoms with Gasteiger partial charge < -0.3 is 33.9 Å². The summed E-state index contributed by atoms with van der Waals surface area (Å²) >= 11 is 0. The third-order valence-corrected chi connectivity index (χ3v) is 5.48. The van der Waals surface area contributed by atoms with Gasteiger partial charge in [-0.25, -0.2) is 9.18 Å². The molecule has 1 fully saturated rings. The van der Waals surface area contributed by atoms with Gasteiger partial charge in [0.15, 0.2) is 6.17 Å². The Morgan fingerprint density at radius 2 is 1.75 bits per heavy atom. The molecule has 12 heteroatoms. The molecule has 2 aromatic carbocycles. The molecule has 0 amide bonds. The average molecular weight is 518 g/mol. The number of methoxy groups -OCH3 is 1. The van der Waals surface area contributed by atoms with Crippen molar-refractivity contribution in [2.75, 3.05) is 20.3 Å². The maximum Gasteiger partial charge on any atom is 0.573 e. The van der Waals surface area contributed by atoms with Crippen molar-refractivity contribution in [2.24, 2.45) is 0 Å². The average Bonchev–Trinajstić information content (AvgIpc) is 2.83. The summed E-state index contributed by atoms with van der Waals surface area (Å²) in [5.74, 6) is 0.0855. The van der Waals surface area contributed by atoms with Crippen LogP contribution in [0.1, 0.15) is 29.7 Å². The van der Waals surface area contributed by atoms with E-state index in [2.05, 4.69) is 9.47 Å². The highest BCUT2D eigenvalue weighted by atomic mass is 19.4. The summed E-state index contributed by atoms with van der Waals surface area (Å²) in [4.78, 5) is 11.5. The Hall–Kier alpha value is -3.09. The van der Waals surface area contributed by atoms with Gasteiger partial charge in [0, 0.05) is 6.42 Å². The number of hydrogen-bond acceptors (Lipinski definition) is 8. The van der Waals surface area contributed by atoms with Gasteiger partial charge in [-0.2, -0.15) is 0 Å². The number of carbonyl (C=O) groups excluding carboxylic acids is 1. The minimum atomic E-state index is -4.95. The van der Waals surface area contributed by atoms with Crippen LogP contribution >= 0.6 is 0 Å². The maximum atomic E-state index is 14.6. The van der Waals surface area contributed by atoms with Crippen LogP contribution in [0.25, 0.3) is 0 Å². The van der Waals surface area contributed by atoms with Crippen molar-refractivity contribution < 1.29 is 56.3 Å². The second-order valence-corrected chi connectivity index (χ2v) is 7.95. The van der Waals surface area contributed by atoms with Gasteiger partial charge in [0.2, 0.25) is 0 Å². The van der Waals surface area contributed by atoms with Crippen LogP contribution in [0.3, 0.4) is 0 Å². The normalized spacial score (nSPS) is 24.2. The lowest BCUT2D eigenvalue weighted by Gasteiger charge is -2.39. The lowest BCUT2D eigenvalue weighted by atomic mass is 9.90. The van der Waals surface area contributed by atoms with E-state index in [1.807, 2.05) is 0 Å². The van der Waals surface area contributed by atoms with Crippen LogP contribution in [0, 0.1) is 0 Å². The molecule has 0 bridgehead atoms. The Morgan fingerprint density at radius 1 is 1.06 bits per heavy atom. The Bertz CT molecular complexity index is 1010. The fourth-order valence-electron chi connectivity index (χ4n) is 3.75. The molecule has 198 valence electrons. The number of halogens is 4. The summed E-state index contributed by atoms with van der Waals surface area (Å²) in [6, 6.07) is 10.2. The molecule has 3 rings (SSSR count). The van der Waals surface area contributed by atoms with E-state index in [9.17, 15) is 32.6 Å². The lowest BCUT2D eigenvalue weighted by Crippen LogP contribution is -2.53. The molecule has 0 radical (unpaired) electrons. The van der Waals surface area contributed by atoms with Crippen molar-refractivity contribution in [1.29, 1.82) is 0 Å². The monoisotopic (exact) mass is 518 g/mol. The summed E-state index contributed by atoms with van der Waals surface area (Å²) in [5.41, 5.74) is 0.893. The molecule has 0 aromatic heterocycles. The molecule has 1 saturated heterocycles. The van der Waals surface area contributed by atoms with Gasteiger partial charge in [-0.15, -0.1) is 13.2 Å². The molecule has 0 spiro atoms. The Balaban J connectivity index is 1.89. The molecule has 5 atom stereocenters. The first kappa shape index (κ1) is 27.5. The molecule has 36 heavy (non-hydrogen) atoms. The summed E-state index contributed by atoms with van der Waals surface area (Å²) in [6.45, 7) is 0.951. The largest absolute Gasteiger partial charge is 0.573 e. The van der Waals surface area contributed by atoms with Crippen LogP contribution in [0.2, 0.25) is 0 Å². The number of benzene rings is 2. The molecule has 0 aliphatic carbocycles. The first-order chi connectivity index (χ1) is 17.0. The van der Waals surface area contributed by atoms with E-state index in [1.54, 1.807) is 31.2 Å². The quantitative estimate of drug-likeness (QED) is 0.401. The number of ether oxygens (including phenoxy) is 5. The van der Waals surface area contributed by atoms with Gasteiger partial charge in [-0.3, -0.25) is 0 Å². The number of aliphatic hydroxyl groups is 2. The number of aliphatic hydroxyl groups excluding tert-OH is 2. The molecule has 1 aliphatic rings. The number of alkyl halides is 4. The number of hydrogen-bond donors (Lipinski definition) is 2. The van der Waals surface area contributed by atoms with E-state index < -0.39 is 55.5 Å². The fourth-order valence-corrected chi connectivity index (χ4v) is 3.75. The first-order valence-electron chi connectivity index (χ1n) is 11.0. The maximum absolute atomic E-state index is 14.6. The SMILES string of the molecule is CCOC(=O)OCC1OC(c2ccc(OC(F)(F)F)c(Cc3ccc(OC)cc3)c2)C(O)C(O)C1F. The van der Waals surface area contributed by atoms with Gasteiger partial charge >= 0.3 is 12.5 Å². The lowest BCUT2D eigenvalue weighted by molar-refractivity contribution is -0.274. The van der Waals surface area contributed by atoms with Gasteiger partial charge in [0.1, 0.15) is 42.5 Å². The van der Waals surface area contributed by atoms with Crippen LogP contribution in [-0.2, 0) is 20.6 Å². The Kier molecular flexibility index (Phi) is 8.98. The van der Waals surface area contributed by atoms with Gasteiger partial charge in [-0.05, 0) is 47.9 Å². The van der Waals surface area contributed by atoms with E-state index in [0.29, 0.717) is 11.3 Å². The first-order valence-corrected chi connectivity index (χ1v) is 11.0. The summed E-state index contributed by atoms with van der Waals surface area (Å²) in [6.07, 6.45) is -14.6. The van der Waals surface area contributed by atoms with E-state index in [1.165, 1.54) is 19.2 Å². The van der Waals surface area contributed by atoms with Gasteiger partial charge in [0.25, 0.3) is 0 Å². The van der Waals surface area contributed by atoms with Gasteiger partial charge in [0.05, 0.1) is 13.7 Å². The van der Waals surface area contributed by atoms with Crippen molar-refractivity contribution in [3.8, 4) is 11.5 Å². The Labute approximate surface area is 204 Å². The van der Waals surface area contributed by atoms with Crippen LogP contribution in [-0.4, -0.2) is 67.5 Å². The Morgan fingerprint density at radius 3 is 2.36 bits per heavy atom. The minimum Gasteiger partial charge on any atom is -0.497 e. The second kappa shape index (κ2) is 11.8. The standard InChI is InChI=1S/C24H26F4O8/c1-3-33-23(31)34-12-18-19(25)20(29)21(30)22(35-18)14-6-9-17(36-24(26,27)28)15(11-14)10-13-4-7-16(32-2)8-5-13/h4-9,11,18-22,29-30H,3,10,12H2,1-2H3. The zero-order valence-corrected chi connectivity index (χ0v) is 19.4. The fraction of sp³-hybridized carbons (Fsp3) is 0.458. The van der Waals surface area contributed by atoms with E-state index in [0.717, 1.165) is 6.07 Å². The molecule has 5 unspecified atom stereocenters. The zero-order chi connectivity index (χ0) is 26.5. The molecular formula is C24H26F4O8. The predicted molar refractivity (Wildman–Crippen MR) is 116 cm³/mol. The van der Waals surface area contributed by atoms with E-state index >= 15 is 0 Å². The molecule has 1 aliphatic heterocycles. The molecular weight excluding hydrogens is 492 g/mol. The molecule has 0 saturated carbocycles.